The summed E-state index contributed by atoms with van der Waals surface area (Å²) < 4.78 is 23.5. The number of carbonyl (C=O) groups is 1. The fourth-order valence-corrected chi connectivity index (χ4v) is 2.39. The number of terminal acetylenes is 1. The van der Waals surface area contributed by atoms with Crippen LogP contribution < -0.4 is 5.32 Å². The van der Waals surface area contributed by atoms with Gasteiger partial charge >= 0.3 is 0 Å². The van der Waals surface area contributed by atoms with E-state index >= 15 is 0 Å². The summed E-state index contributed by atoms with van der Waals surface area (Å²) in [6.45, 7) is 0.00890. The van der Waals surface area contributed by atoms with E-state index in [1.165, 1.54) is 24.3 Å². The van der Waals surface area contributed by atoms with Gasteiger partial charge in [0.05, 0.1) is 11.4 Å². The van der Waals surface area contributed by atoms with Crippen molar-refractivity contribution in [2.24, 2.45) is 0 Å². The molecule has 0 spiro atoms. The van der Waals surface area contributed by atoms with Crippen molar-refractivity contribution < 1.29 is 13.2 Å². The lowest BCUT2D eigenvalue weighted by atomic mass is 10.4. The van der Waals surface area contributed by atoms with Gasteiger partial charge in [-0.15, -0.1) is 6.42 Å². The molecule has 1 rings (SSSR count). The maximum atomic E-state index is 11.8. The molecule has 1 N–H and O–H groups in total. The molecule has 1 aromatic carbocycles. The quantitative estimate of drug-likeness (QED) is 0.827. The van der Waals surface area contributed by atoms with E-state index in [0.717, 1.165) is 0 Å². The second-order valence-corrected chi connectivity index (χ2v) is 5.62. The van der Waals surface area contributed by atoms with Crippen LogP contribution in [-0.4, -0.2) is 26.6 Å². The second kappa shape index (κ2) is 5.71. The summed E-state index contributed by atoms with van der Waals surface area (Å²) in [7, 11) is -3.65. The van der Waals surface area contributed by atoms with Crippen LogP contribution >= 0.6 is 11.6 Å². The molecular weight excluding hydrogens is 262 g/mol. The molecule has 0 aliphatic heterocycles. The van der Waals surface area contributed by atoms with Gasteiger partial charge in [0, 0.05) is 5.02 Å². The minimum absolute atomic E-state index is 0.00890. The molecule has 1 amide bonds. The van der Waals surface area contributed by atoms with Crippen molar-refractivity contribution in [2.45, 2.75) is 4.90 Å². The zero-order chi connectivity index (χ0) is 12.9. The SMILES string of the molecule is C#CCNC(=O)CS(=O)(=O)c1ccc(Cl)cc1. The maximum absolute atomic E-state index is 11.8. The maximum Gasteiger partial charge on any atom is 0.236 e. The first-order valence-corrected chi connectivity index (χ1v) is 6.67. The Labute approximate surface area is 105 Å². The molecule has 0 saturated carbocycles. The van der Waals surface area contributed by atoms with E-state index in [-0.39, 0.29) is 11.4 Å². The van der Waals surface area contributed by atoms with Crippen molar-refractivity contribution in [1.82, 2.24) is 5.32 Å². The molecule has 0 aromatic heterocycles. The number of sulfone groups is 1. The largest absolute Gasteiger partial charge is 0.344 e. The first-order chi connectivity index (χ1) is 7.95. The van der Waals surface area contributed by atoms with Gasteiger partial charge in [-0.1, -0.05) is 17.5 Å². The Kier molecular flexibility index (Phi) is 4.55. The van der Waals surface area contributed by atoms with E-state index in [4.69, 9.17) is 18.0 Å². The summed E-state index contributed by atoms with van der Waals surface area (Å²) in [5.41, 5.74) is 0. The predicted octanol–water partition coefficient (Wildman–Crippen LogP) is 0.863. The number of nitrogens with one attached hydrogen (secondary N) is 1. The number of benzene rings is 1. The van der Waals surface area contributed by atoms with Crippen molar-refractivity contribution >= 4 is 27.3 Å². The van der Waals surface area contributed by atoms with Crippen molar-refractivity contribution in [2.75, 3.05) is 12.3 Å². The van der Waals surface area contributed by atoms with E-state index in [1.807, 2.05) is 0 Å². The van der Waals surface area contributed by atoms with Gasteiger partial charge in [0.1, 0.15) is 5.75 Å². The van der Waals surface area contributed by atoms with Crippen LogP contribution in [0.5, 0.6) is 0 Å². The summed E-state index contributed by atoms with van der Waals surface area (Å²) in [5.74, 6) is 0.932. The Bertz CT molecular complexity index is 543. The van der Waals surface area contributed by atoms with Gasteiger partial charge in [-0.05, 0) is 24.3 Å². The highest BCUT2D eigenvalue weighted by molar-refractivity contribution is 7.92. The lowest BCUT2D eigenvalue weighted by molar-refractivity contribution is -0.118. The molecule has 0 radical (unpaired) electrons. The molecule has 4 nitrogen and oxygen atoms in total. The summed E-state index contributed by atoms with van der Waals surface area (Å²) in [4.78, 5) is 11.3. The van der Waals surface area contributed by atoms with Crippen LogP contribution in [0.2, 0.25) is 5.02 Å². The van der Waals surface area contributed by atoms with Crippen LogP contribution in [0, 0.1) is 12.3 Å². The zero-order valence-corrected chi connectivity index (χ0v) is 10.4. The fraction of sp³-hybridized carbons (Fsp3) is 0.182. The molecule has 0 saturated heterocycles. The Morgan fingerprint density at radius 1 is 1.35 bits per heavy atom. The summed E-state index contributed by atoms with van der Waals surface area (Å²) in [5, 5.41) is 2.72. The number of rotatable bonds is 4. The van der Waals surface area contributed by atoms with Crippen LogP contribution in [0.15, 0.2) is 29.2 Å². The van der Waals surface area contributed by atoms with Gasteiger partial charge in [-0.3, -0.25) is 4.79 Å². The molecule has 0 aliphatic rings. The summed E-state index contributed by atoms with van der Waals surface area (Å²) >= 11 is 5.64. The Balaban J connectivity index is 2.79. The molecule has 0 fully saturated rings. The Hall–Kier alpha value is -1.51. The summed E-state index contributed by atoms with van der Waals surface area (Å²) in [6, 6.07) is 5.61. The van der Waals surface area contributed by atoms with E-state index in [0.29, 0.717) is 5.02 Å². The molecule has 6 heteroatoms. The third-order valence-electron chi connectivity index (χ3n) is 1.88. The predicted molar refractivity (Wildman–Crippen MR) is 65.3 cm³/mol. The molecule has 0 atom stereocenters. The second-order valence-electron chi connectivity index (χ2n) is 3.19. The number of carbonyl (C=O) groups excluding carboxylic acids is 1. The van der Waals surface area contributed by atoms with Crippen molar-refractivity contribution in [3.8, 4) is 12.3 Å². The topological polar surface area (TPSA) is 63.2 Å². The third kappa shape index (κ3) is 4.10. The molecule has 0 bridgehead atoms. The zero-order valence-electron chi connectivity index (χ0n) is 8.81. The van der Waals surface area contributed by atoms with Gasteiger partial charge in [0.25, 0.3) is 0 Å². The average Bonchev–Trinajstić information content (AvgIpc) is 2.26. The van der Waals surface area contributed by atoms with Crippen LogP contribution in [0.25, 0.3) is 0 Å². The molecular formula is C11H10ClNO3S. The van der Waals surface area contributed by atoms with E-state index in [2.05, 4.69) is 11.2 Å². The number of hydrogen-bond acceptors (Lipinski definition) is 3. The van der Waals surface area contributed by atoms with E-state index in [1.54, 1.807) is 0 Å². The Morgan fingerprint density at radius 3 is 2.47 bits per heavy atom. The molecule has 17 heavy (non-hydrogen) atoms. The molecule has 0 aliphatic carbocycles. The molecule has 1 aromatic rings. The highest BCUT2D eigenvalue weighted by Gasteiger charge is 2.18. The molecule has 0 heterocycles. The van der Waals surface area contributed by atoms with Gasteiger partial charge in [0.2, 0.25) is 5.91 Å². The van der Waals surface area contributed by atoms with Crippen LogP contribution in [0.1, 0.15) is 0 Å². The Morgan fingerprint density at radius 2 is 1.94 bits per heavy atom. The van der Waals surface area contributed by atoms with E-state index in [9.17, 15) is 13.2 Å². The van der Waals surface area contributed by atoms with Gasteiger partial charge in [-0.2, -0.15) is 0 Å². The van der Waals surface area contributed by atoms with Crippen LogP contribution in [0.3, 0.4) is 0 Å². The highest BCUT2D eigenvalue weighted by atomic mass is 35.5. The smallest absolute Gasteiger partial charge is 0.236 e. The third-order valence-corrected chi connectivity index (χ3v) is 3.77. The minimum Gasteiger partial charge on any atom is -0.344 e. The first kappa shape index (κ1) is 13.6. The van der Waals surface area contributed by atoms with Crippen molar-refractivity contribution in [3.63, 3.8) is 0 Å². The standard InChI is InChI=1S/C11H10ClNO3S/c1-2-7-13-11(14)8-17(15,16)10-5-3-9(12)4-6-10/h1,3-6H,7-8H2,(H,13,14). The van der Waals surface area contributed by atoms with Crippen molar-refractivity contribution in [3.05, 3.63) is 29.3 Å². The van der Waals surface area contributed by atoms with Crippen LogP contribution in [0.4, 0.5) is 0 Å². The van der Waals surface area contributed by atoms with Gasteiger partial charge < -0.3 is 5.32 Å². The minimum atomic E-state index is -3.65. The number of hydrogen-bond donors (Lipinski definition) is 1. The fourth-order valence-electron chi connectivity index (χ4n) is 1.10. The number of amides is 1. The average molecular weight is 272 g/mol. The van der Waals surface area contributed by atoms with Gasteiger partial charge in [-0.25, -0.2) is 8.42 Å². The van der Waals surface area contributed by atoms with E-state index < -0.39 is 21.5 Å². The normalized spacial score (nSPS) is 10.6. The van der Waals surface area contributed by atoms with Gasteiger partial charge in [0.15, 0.2) is 9.84 Å². The monoisotopic (exact) mass is 271 g/mol. The lowest BCUT2D eigenvalue weighted by Gasteiger charge is -2.04. The molecule has 0 unspecified atom stereocenters. The first-order valence-electron chi connectivity index (χ1n) is 4.64. The number of halogens is 1. The highest BCUT2D eigenvalue weighted by Crippen LogP contribution is 2.15. The van der Waals surface area contributed by atoms with Crippen LogP contribution in [-0.2, 0) is 14.6 Å². The molecule has 90 valence electrons. The summed E-state index contributed by atoms with van der Waals surface area (Å²) in [6.07, 6.45) is 4.94. The lowest BCUT2D eigenvalue weighted by Crippen LogP contribution is -2.30. The van der Waals surface area contributed by atoms with Crippen molar-refractivity contribution in [1.29, 1.82) is 0 Å².